The molecule has 2 aromatic carbocycles. The van der Waals surface area contributed by atoms with E-state index in [-0.39, 0.29) is 0 Å². The topological polar surface area (TPSA) is 22.4 Å². The van der Waals surface area contributed by atoms with E-state index in [1.54, 1.807) is 6.08 Å². The lowest BCUT2D eigenvalue weighted by Crippen LogP contribution is -1.91. The standard InChI is InChI=1S/C18H16O2/c1-3-11-19-15-9-10-16-17(12-15)20-13(2)18(16)14-7-5-4-6-8-14/h3-10,12H,1,11H2,2H3. The van der Waals surface area contributed by atoms with E-state index in [2.05, 4.69) is 18.7 Å². The predicted octanol–water partition coefficient (Wildman–Crippen LogP) is 4.97. The first-order valence-electron chi connectivity index (χ1n) is 6.62. The van der Waals surface area contributed by atoms with Crippen LogP contribution in [0.1, 0.15) is 5.76 Å². The summed E-state index contributed by atoms with van der Waals surface area (Å²) in [5, 5.41) is 1.11. The molecule has 0 bridgehead atoms. The highest BCUT2D eigenvalue weighted by atomic mass is 16.5. The average Bonchev–Trinajstić information content (AvgIpc) is 2.81. The molecule has 0 N–H and O–H groups in total. The van der Waals surface area contributed by atoms with Crippen molar-refractivity contribution < 1.29 is 9.15 Å². The molecule has 1 heterocycles. The summed E-state index contributed by atoms with van der Waals surface area (Å²) in [6, 6.07) is 16.2. The molecule has 0 aliphatic heterocycles. The van der Waals surface area contributed by atoms with Crippen LogP contribution in [0.5, 0.6) is 5.75 Å². The molecule has 0 radical (unpaired) electrons. The second-order valence-electron chi connectivity index (χ2n) is 4.66. The fourth-order valence-corrected chi connectivity index (χ4v) is 2.41. The van der Waals surface area contributed by atoms with Gasteiger partial charge in [0.2, 0.25) is 0 Å². The smallest absolute Gasteiger partial charge is 0.138 e. The summed E-state index contributed by atoms with van der Waals surface area (Å²) in [7, 11) is 0. The van der Waals surface area contributed by atoms with E-state index in [0.717, 1.165) is 28.0 Å². The molecule has 2 heteroatoms. The third kappa shape index (κ3) is 2.21. The molecule has 3 rings (SSSR count). The van der Waals surface area contributed by atoms with Crippen molar-refractivity contribution in [1.82, 2.24) is 0 Å². The van der Waals surface area contributed by atoms with Crippen molar-refractivity contribution in [3.05, 3.63) is 66.9 Å². The van der Waals surface area contributed by atoms with Crippen molar-refractivity contribution in [2.24, 2.45) is 0 Å². The molecule has 100 valence electrons. The first-order chi connectivity index (χ1) is 9.79. The molecule has 0 unspecified atom stereocenters. The van der Waals surface area contributed by atoms with Gasteiger partial charge in [0.15, 0.2) is 0 Å². The Hall–Kier alpha value is -2.48. The van der Waals surface area contributed by atoms with Crippen LogP contribution in [0.3, 0.4) is 0 Å². The first kappa shape index (κ1) is 12.5. The van der Waals surface area contributed by atoms with Crippen LogP contribution < -0.4 is 4.74 Å². The van der Waals surface area contributed by atoms with Gasteiger partial charge in [-0.3, -0.25) is 0 Å². The summed E-state index contributed by atoms with van der Waals surface area (Å²) in [4.78, 5) is 0. The minimum atomic E-state index is 0.497. The van der Waals surface area contributed by atoms with Gasteiger partial charge >= 0.3 is 0 Å². The highest BCUT2D eigenvalue weighted by Gasteiger charge is 2.13. The number of benzene rings is 2. The van der Waals surface area contributed by atoms with Crippen LogP contribution >= 0.6 is 0 Å². The van der Waals surface area contributed by atoms with Crippen LogP contribution in [-0.2, 0) is 0 Å². The van der Waals surface area contributed by atoms with Crippen molar-refractivity contribution >= 4 is 11.0 Å². The molecule has 0 fully saturated rings. The maximum absolute atomic E-state index is 5.87. The largest absolute Gasteiger partial charge is 0.489 e. The lowest BCUT2D eigenvalue weighted by Gasteiger charge is -2.03. The first-order valence-corrected chi connectivity index (χ1v) is 6.62. The average molecular weight is 264 g/mol. The van der Waals surface area contributed by atoms with Gasteiger partial charge in [-0.05, 0) is 24.6 Å². The van der Waals surface area contributed by atoms with Gasteiger partial charge in [-0.15, -0.1) is 0 Å². The Kier molecular flexibility index (Phi) is 3.30. The van der Waals surface area contributed by atoms with E-state index in [4.69, 9.17) is 9.15 Å². The van der Waals surface area contributed by atoms with Crippen LogP contribution in [0.4, 0.5) is 0 Å². The van der Waals surface area contributed by atoms with Gasteiger partial charge < -0.3 is 9.15 Å². The van der Waals surface area contributed by atoms with Crippen LogP contribution in [0.2, 0.25) is 0 Å². The zero-order chi connectivity index (χ0) is 13.9. The van der Waals surface area contributed by atoms with E-state index >= 15 is 0 Å². The summed E-state index contributed by atoms with van der Waals surface area (Å²) in [5.74, 6) is 1.72. The Labute approximate surface area is 118 Å². The molecule has 1 aromatic heterocycles. The lowest BCUT2D eigenvalue weighted by molar-refractivity contribution is 0.363. The molecule has 3 aromatic rings. The lowest BCUT2D eigenvalue weighted by atomic mass is 10.0. The van der Waals surface area contributed by atoms with Crippen molar-refractivity contribution in [2.75, 3.05) is 6.61 Å². The van der Waals surface area contributed by atoms with Crippen molar-refractivity contribution in [1.29, 1.82) is 0 Å². The fourth-order valence-electron chi connectivity index (χ4n) is 2.41. The summed E-state index contributed by atoms with van der Waals surface area (Å²) in [6.07, 6.45) is 1.73. The number of aryl methyl sites for hydroxylation is 1. The van der Waals surface area contributed by atoms with Gasteiger partial charge in [-0.2, -0.15) is 0 Å². The third-order valence-electron chi connectivity index (χ3n) is 3.27. The fraction of sp³-hybridized carbons (Fsp3) is 0.111. The molecular formula is C18H16O2. The van der Waals surface area contributed by atoms with Gasteiger partial charge in [0.1, 0.15) is 23.7 Å². The van der Waals surface area contributed by atoms with Crippen molar-refractivity contribution in [3.63, 3.8) is 0 Å². The second kappa shape index (κ2) is 5.25. The highest BCUT2D eigenvalue weighted by molar-refractivity contribution is 5.96. The summed E-state index contributed by atoms with van der Waals surface area (Å²) in [6.45, 7) is 6.14. The van der Waals surface area contributed by atoms with E-state index in [1.807, 2.05) is 43.3 Å². The van der Waals surface area contributed by atoms with Crippen LogP contribution in [0, 0.1) is 6.92 Å². The Balaban J connectivity index is 2.10. The quantitative estimate of drug-likeness (QED) is 0.620. The molecule has 0 aliphatic carbocycles. The van der Waals surface area contributed by atoms with Crippen LogP contribution in [0.25, 0.3) is 22.1 Å². The zero-order valence-corrected chi connectivity index (χ0v) is 11.4. The molecule has 20 heavy (non-hydrogen) atoms. The van der Waals surface area contributed by atoms with E-state index in [0.29, 0.717) is 6.61 Å². The van der Waals surface area contributed by atoms with E-state index < -0.39 is 0 Å². The Morgan fingerprint density at radius 2 is 1.95 bits per heavy atom. The van der Waals surface area contributed by atoms with Crippen LogP contribution in [0.15, 0.2) is 65.6 Å². The molecular weight excluding hydrogens is 248 g/mol. The van der Waals surface area contributed by atoms with E-state index in [9.17, 15) is 0 Å². The number of hydrogen-bond donors (Lipinski definition) is 0. The molecule has 0 saturated heterocycles. The number of rotatable bonds is 4. The SMILES string of the molecule is C=CCOc1ccc2c(-c3ccccc3)c(C)oc2c1. The molecule has 0 atom stereocenters. The van der Waals surface area contributed by atoms with Crippen molar-refractivity contribution in [2.45, 2.75) is 6.92 Å². The maximum atomic E-state index is 5.87. The molecule has 0 amide bonds. The maximum Gasteiger partial charge on any atom is 0.138 e. The normalized spacial score (nSPS) is 10.7. The van der Waals surface area contributed by atoms with Gasteiger partial charge in [0.05, 0.1) is 0 Å². The number of furan rings is 1. The van der Waals surface area contributed by atoms with Gasteiger partial charge in [0.25, 0.3) is 0 Å². The molecule has 2 nitrogen and oxygen atoms in total. The van der Waals surface area contributed by atoms with Gasteiger partial charge in [-0.1, -0.05) is 43.0 Å². The summed E-state index contributed by atoms with van der Waals surface area (Å²) >= 11 is 0. The summed E-state index contributed by atoms with van der Waals surface area (Å²) < 4.78 is 11.4. The van der Waals surface area contributed by atoms with Gasteiger partial charge in [0, 0.05) is 17.0 Å². The molecule has 0 spiro atoms. The highest BCUT2D eigenvalue weighted by Crippen LogP contribution is 2.35. The Morgan fingerprint density at radius 1 is 1.15 bits per heavy atom. The predicted molar refractivity (Wildman–Crippen MR) is 82.1 cm³/mol. The minimum absolute atomic E-state index is 0.497. The number of fused-ring (bicyclic) bond motifs is 1. The Bertz CT molecular complexity index is 739. The second-order valence-corrected chi connectivity index (χ2v) is 4.66. The van der Waals surface area contributed by atoms with E-state index in [1.165, 1.54) is 5.56 Å². The third-order valence-corrected chi connectivity index (χ3v) is 3.27. The van der Waals surface area contributed by atoms with Gasteiger partial charge in [-0.25, -0.2) is 0 Å². The zero-order valence-electron chi connectivity index (χ0n) is 11.4. The van der Waals surface area contributed by atoms with Crippen LogP contribution in [-0.4, -0.2) is 6.61 Å². The number of hydrogen-bond acceptors (Lipinski definition) is 2. The monoisotopic (exact) mass is 264 g/mol. The Morgan fingerprint density at radius 3 is 2.70 bits per heavy atom. The molecule has 0 saturated carbocycles. The summed E-state index contributed by atoms with van der Waals surface area (Å²) in [5.41, 5.74) is 3.17. The molecule has 0 aliphatic rings. The van der Waals surface area contributed by atoms with Crippen molar-refractivity contribution in [3.8, 4) is 16.9 Å². The minimum Gasteiger partial charge on any atom is -0.489 e. The number of ether oxygens (including phenoxy) is 1.